The van der Waals surface area contributed by atoms with Gasteiger partial charge in [-0.15, -0.1) is 0 Å². The van der Waals surface area contributed by atoms with Gasteiger partial charge in [0.1, 0.15) is 0 Å². The molecule has 2 heterocycles. The zero-order valence-electron chi connectivity index (χ0n) is 39.5. The Hall–Kier alpha value is -6.12. The number of aryl methyl sites for hydroxylation is 3. The van der Waals surface area contributed by atoms with Crippen LogP contribution in [0.5, 0.6) is 0 Å². The molecule has 12 rings (SSSR count). The van der Waals surface area contributed by atoms with Crippen LogP contribution < -0.4 is 15.7 Å². The molecule has 8 aromatic carbocycles. The molecule has 0 aromatic heterocycles. The molecule has 0 bridgehead atoms. The molecule has 1 nitrogen and oxygen atoms in total. The second-order valence-electron chi connectivity index (χ2n) is 22.3. The van der Waals surface area contributed by atoms with Crippen LogP contribution in [0.3, 0.4) is 0 Å². The van der Waals surface area contributed by atoms with Gasteiger partial charge in [-0.2, -0.15) is 0 Å². The molecule has 0 radical (unpaired) electrons. The minimum absolute atomic E-state index is 0.0321. The summed E-state index contributed by atoms with van der Waals surface area (Å²) in [5.41, 5.74) is 30.4. The van der Waals surface area contributed by atoms with E-state index in [1.807, 2.05) is 0 Å². The lowest BCUT2D eigenvalue weighted by atomic mass is 9.38. The Kier molecular flexibility index (Phi) is 8.16. The molecule has 8 aromatic rings. The largest absolute Gasteiger partial charge is 0.376 e. The molecule has 0 amide bonds. The Morgan fingerprint density at radius 3 is 1.97 bits per heavy atom. The van der Waals surface area contributed by atoms with Crippen molar-refractivity contribution in [2.75, 3.05) is 4.81 Å². The van der Waals surface area contributed by atoms with Gasteiger partial charge >= 0.3 is 6.85 Å². The molecule has 0 fully saturated rings. The van der Waals surface area contributed by atoms with Gasteiger partial charge in [-0.05, 0) is 179 Å². The summed E-state index contributed by atoms with van der Waals surface area (Å²) in [7, 11) is 0. The summed E-state index contributed by atoms with van der Waals surface area (Å²) in [6, 6.07) is 53.1. The highest BCUT2D eigenvalue weighted by molar-refractivity contribution is 6.92. The van der Waals surface area contributed by atoms with Crippen LogP contribution in [0.4, 0.5) is 11.4 Å². The van der Waals surface area contributed by atoms with Crippen LogP contribution in [0.1, 0.15) is 117 Å². The Bertz CT molecular complexity index is 3320. The second kappa shape index (κ2) is 13.2. The molecular weight excluding hydrogens is 770 g/mol. The Labute approximate surface area is 381 Å². The summed E-state index contributed by atoms with van der Waals surface area (Å²) in [6.45, 7) is 25.9. The maximum Gasteiger partial charge on any atom is 0.329 e. The normalized spacial score (nSPS) is 16.2. The topological polar surface area (TPSA) is 3.24 Å². The van der Waals surface area contributed by atoms with E-state index in [1.165, 1.54) is 133 Å². The van der Waals surface area contributed by atoms with Crippen molar-refractivity contribution in [1.82, 2.24) is 0 Å². The van der Waals surface area contributed by atoms with E-state index in [9.17, 15) is 0 Å². The third-order valence-corrected chi connectivity index (χ3v) is 15.8. The van der Waals surface area contributed by atoms with Gasteiger partial charge in [0.15, 0.2) is 0 Å². The number of anilines is 2. The first kappa shape index (κ1) is 39.5. The van der Waals surface area contributed by atoms with Crippen molar-refractivity contribution in [3.8, 4) is 44.5 Å². The van der Waals surface area contributed by atoms with Crippen molar-refractivity contribution in [1.29, 1.82) is 0 Å². The predicted octanol–water partition coefficient (Wildman–Crippen LogP) is 14.9. The van der Waals surface area contributed by atoms with E-state index >= 15 is 0 Å². The molecule has 0 saturated heterocycles. The van der Waals surface area contributed by atoms with Gasteiger partial charge in [0.05, 0.1) is 0 Å². The van der Waals surface area contributed by atoms with E-state index in [2.05, 4.69) is 214 Å². The lowest BCUT2D eigenvalue weighted by Gasteiger charge is -2.47. The smallest absolute Gasteiger partial charge is 0.329 e. The third kappa shape index (κ3) is 5.57. The Morgan fingerprint density at radius 1 is 0.562 bits per heavy atom. The minimum atomic E-state index is -0.0691. The number of hydrogen-bond acceptors (Lipinski definition) is 1. The van der Waals surface area contributed by atoms with Crippen molar-refractivity contribution in [2.45, 2.75) is 105 Å². The molecule has 64 heavy (non-hydrogen) atoms. The molecular formula is C62H58BN. The molecule has 0 spiro atoms. The highest BCUT2D eigenvalue weighted by Crippen LogP contribution is 2.54. The molecule has 0 saturated carbocycles. The lowest BCUT2D eigenvalue weighted by molar-refractivity contribution is 0.588. The number of fused-ring (bicyclic) bond motifs is 10. The standard InChI is InChI=1S/C62H58BN/c1-35-24-36(2)57(37(3)25-35)41-28-51-48-26-38-16-12-13-17-39(38)30-56(48)64(44-22-23-54-47(34-44)45-18-14-15-19-53(45)62(54,10)11)63-55-33-43(61(7,8)9)32-50-46-31-42(60(4,5)6)21-20-40(46)27-49(58(50)55)52(29-41)59(51)63/h12-26,28-34,49H,27H2,1-11H3. The quantitative estimate of drug-likeness (QED) is 0.157. The predicted molar refractivity (Wildman–Crippen MR) is 275 cm³/mol. The number of rotatable bonds is 2. The van der Waals surface area contributed by atoms with Crippen LogP contribution in [0.15, 0.2) is 133 Å². The fourth-order valence-corrected chi connectivity index (χ4v) is 12.6. The van der Waals surface area contributed by atoms with Gasteiger partial charge in [-0.25, -0.2) is 0 Å². The third-order valence-electron chi connectivity index (χ3n) is 15.8. The zero-order chi connectivity index (χ0) is 44.4. The molecule has 2 aliphatic carbocycles. The number of hydrogen-bond donors (Lipinski definition) is 0. The van der Waals surface area contributed by atoms with Gasteiger partial charge in [0, 0.05) is 28.3 Å². The summed E-state index contributed by atoms with van der Waals surface area (Å²) < 4.78 is 0. The Morgan fingerprint density at radius 2 is 1.23 bits per heavy atom. The monoisotopic (exact) mass is 827 g/mol. The van der Waals surface area contributed by atoms with Crippen LogP contribution in [0.2, 0.25) is 0 Å². The molecule has 1 unspecified atom stereocenters. The molecule has 4 aliphatic rings. The lowest BCUT2D eigenvalue weighted by Crippen LogP contribution is -2.62. The Balaban J connectivity index is 1.23. The molecule has 0 N–H and O–H groups in total. The van der Waals surface area contributed by atoms with Crippen molar-refractivity contribution in [3.63, 3.8) is 0 Å². The van der Waals surface area contributed by atoms with Crippen LogP contribution >= 0.6 is 0 Å². The van der Waals surface area contributed by atoms with Crippen LogP contribution in [0.25, 0.3) is 55.3 Å². The summed E-state index contributed by atoms with van der Waals surface area (Å²) in [5.74, 6) is 0.222. The fourth-order valence-electron chi connectivity index (χ4n) is 12.6. The SMILES string of the molecule is Cc1cc(C)c(-c2cc3c4c(c2)C2Cc5ccc(C(C)(C)C)cc5-c5cc(C(C)(C)C)cc(c52)B4N(c2ccc4c(c2)-c2ccccc2C4(C)C)c2cc4ccccc4cc2-3)c(C)c1. The maximum absolute atomic E-state index is 2.77. The van der Waals surface area contributed by atoms with Crippen molar-refractivity contribution < 1.29 is 0 Å². The minimum Gasteiger partial charge on any atom is -0.376 e. The summed E-state index contributed by atoms with van der Waals surface area (Å²) in [4.78, 5) is 2.77. The molecule has 314 valence electrons. The highest BCUT2D eigenvalue weighted by Gasteiger charge is 2.48. The van der Waals surface area contributed by atoms with Crippen molar-refractivity contribution in [3.05, 3.63) is 189 Å². The highest BCUT2D eigenvalue weighted by atomic mass is 15.1. The van der Waals surface area contributed by atoms with Gasteiger partial charge in [0.2, 0.25) is 0 Å². The number of nitrogens with zero attached hydrogens (tertiary/aromatic N) is 1. The first-order valence-corrected chi connectivity index (χ1v) is 23.6. The van der Waals surface area contributed by atoms with Crippen molar-refractivity contribution in [2.24, 2.45) is 0 Å². The van der Waals surface area contributed by atoms with E-state index in [0.29, 0.717) is 0 Å². The van der Waals surface area contributed by atoms with Crippen LogP contribution in [-0.2, 0) is 22.7 Å². The van der Waals surface area contributed by atoms with E-state index in [-0.39, 0.29) is 29.0 Å². The van der Waals surface area contributed by atoms with Crippen molar-refractivity contribution >= 4 is 39.9 Å². The first-order valence-electron chi connectivity index (χ1n) is 23.6. The summed E-state index contributed by atoms with van der Waals surface area (Å²) in [6.07, 6.45) is 0.985. The second-order valence-corrected chi connectivity index (χ2v) is 22.3. The van der Waals surface area contributed by atoms with Gasteiger partial charge in [-0.3, -0.25) is 0 Å². The molecule has 2 heteroatoms. The van der Waals surface area contributed by atoms with E-state index in [4.69, 9.17) is 0 Å². The van der Waals surface area contributed by atoms with E-state index in [0.717, 1.165) is 6.42 Å². The van der Waals surface area contributed by atoms with Gasteiger partial charge in [-0.1, -0.05) is 164 Å². The fraction of sp³-hybridized carbons (Fsp3) is 0.258. The average molecular weight is 828 g/mol. The zero-order valence-corrected chi connectivity index (χ0v) is 39.5. The first-order chi connectivity index (χ1) is 30.5. The van der Waals surface area contributed by atoms with E-state index in [1.54, 1.807) is 0 Å². The molecule has 1 atom stereocenters. The average Bonchev–Trinajstić information content (AvgIpc) is 3.48. The van der Waals surface area contributed by atoms with Gasteiger partial charge < -0.3 is 4.81 Å². The number of benzene rings is 8. The molecule has 2 aliphatic heterocycles. The summed E-state index contributed by atoms with van der Waals surface area (Å²) in [5, 5.41) is 2.55. The maximum atomic E-state index is 2.77. The van der Waals surface area contributed by atoms with Crippen LogP contribution in [-0.4, -0.2) is 6.85 Å². The van der Waals surface area contributed by atoms with Crippen LogP contribution in [0, 0.1) is 20.8 Å². The van der Waals surface area contributed by atoms with E-state index < -0.39 is 0 Å². The van der Waals surface area contributed by atoms with Gasteiger partial charge in [0.25, 0.3) is 0 Å². The summed E-state index contributed by atoms with van der Waals surface area (Å²) >= 11 is 0.